The molecule has 0 saturated carbocycles. The van der Waals surface area contributed by atoms with Crippen molar-refractivity contribution in [2.24, 2.45) is 0 Å². The molecule has 0 bridgehead atoms. The van der Waals surface area contributed by atoms with Gasteiger partial charge in [0, 0.05) is 17.8 Å². The Morgan fingerprint density at radius 2 is 2.14 bits per heavy atom. The fourth-order valence-corrected chi connectivity index (χ4v) is 2.72. The Hall–Kier alpha value is -2.50. The van der Waals surface area contributed by atoms with Gasteiger partial charge in [0.05, 0.1) is 11.6 Å². The standard InChI is InChI=1S/C16H19N3O3/c1-9(15-10(2)18-19-11(15)3)16(20)17-7-12-4-5-13-14(6-12)22-8-21-13/h4-6,9H,7-8H2,1-3H3,(H,17,20)(H,18,19)/t9-/m0/s1. The average molecular weight is 301 g/mol. The molecule has 2 heterocycles. The van der Waals surface area contributed by atoms with Crippen LogP contribution in [0.4, 0.5) is 0 Å². The first-order valence-corrected chi connectivity index (χ1v) is 7.24. The molecular formula is C16H19N3O3. The number of nitrogens with one attached hydrogen (secondary N) is 2. The second kappa shape index (κ2) is 5.71. The van der Waals surface area contributed by atoms with Crippen LogP contribution in [0.2, 0.25) is 0 Å². The molecule has 2 aromatic rings. The Morgan fingerprint density at radius 3 is 2.86 bits per heavy atom. The summed E-state index contributed by atoms with van der Waals surface area (Å²) in [5, 5.41) is 10.0. The summed E-state index contributed by atoms with van der Waals surface area (Å²) in [6, 6.07) is 5.67. The predicted molar refractivity (Wildman–Crippen MR) is 80.9 cm³/mol. The van der Waals surface area contributed by atoms with E-state index >= 15 is 0 Å². The zero-order valence-corrected chi connectivity index (χ0v) is 12.9. The largest absolute Gasteiger partial charge is 0.454 e. The summed E-state index contributed by atoms with van der Waals surface area (Å²) < 4.78 is 10.6. The van der Waals surface area contributed by atoms with Crippen molar-refractivity contribution in [1.82, 2.24) is 15.5 Å². The fraction of sp³-hybridized carbons (Fsp3) is 0.375. The number of aromatic amines is 1. The number of aromatic nitrogens is 2. The zero-order chi connectivity index (χ0) is 15.7. The molecule has 1 aliphatic heterocycles. The lowest BCUT2D eigenvalue weighted by atomic mass is 9.98. The molecular weight excluding hydrogens is 282 g/mol. The molecule has 0 unspecified atom stereocenters. The summed E-state index contributed by atoms with van der Waals surface area (Å²) in [5.74, 6) is 1.20. The summed E-state index contributed by atoms with van der Waals surface area (Å²) in [5.41, 5.74) is 3.74. The van der Waals surface area contributed by atoms with Crippen LogP contribution in [0.5, 0.6) is 11.5 Å². The molecule has 0 spiro atoms. The molecule has 2 N–H and O–H groups in total. The zero-order valence-electron chi connectivity index (χ0n) is 12.9. The Labute approximate surface area is 128 Å². The molecule has 0 fully saturated rings. The van der Waals surface area contributed by atoms with Crippen molar-refractivity contribution >= 4 is 5.91 Å². The summed E-state index contributed by atoms with van der Waals surface area (Å²) in [7, 11) is 0. The minimum Gasteiger partial charge on any atom is -0.454 e. The van der Waals surface area contributed by atoms with E-state index in [4.69, 9.17) is 9.47 Å². The van der Waals surface area contributed by atoms with E-state index in [-0.39, 0.29) is 18.6 Å². The maximum Gasteiger partial charge on any atom is 0.231 e. The second-order valence-corrected chi connectivity index (χ2v) is 5.47. The third kappa shape index (κ3) is 2.64. The van der Waals surface area contributed by atoms with Crippen LogP contribution < -0.4 is 14.8 Å². The average Bonchev–Trinajstić information content (AvgIpc) is 3.10. The lowest BCUT2D eigenvalue weighted by Crippen LogP contribution is -2.28. The number of fused-ring (bicyclic) bond motifs is 1. The van der Waals surface area contributed by atoms with E-state index in [0.29, 0.717) is 6.54 Å². The van der Waals surface area contributed by atoms with Crippen LogP contribution >= 0.6 is 0 Å². The van der Waals surface area contributed by atoms with Crippen LogP contribution in [0.1, 0.15) is 35.4 Å². The minimum absolute atomic E-state index is 0.0229. The van der Waals surface area contributed by atoms with E-state index in [1.807, 2.05) is 39.0 Å². The van der Waals surface area contributed by atoms with E-state index in [1.165, 1.54) is 0 Å². The van der Waals surface area contributed by atoms with Crippen molar-refractivity contribution in [2.75, 3.05) is 6.79 Å². The Bertz CT molecular complexity index is 689. The number of amides is 1. The molecule has 6 nitrogen and oxygen atoms in total. The number of carbonyl (C=O) groups excluding carboxylic acids is 1. The van der Waals surface area contributed by atoms with Gasteiger partial charge in [0.25, 0.3) is 0 Å². The van der Waals surface area contributed by atoms with E-state index in [2.05, 4.69) is 15.5 Å². The van der Waals surface area contributed by atoms with Gasteiger partial charge >= 0.3 is 0 Å². The number of hydrogen-bond acceptors (Lipinski definition) is 4. The summed E-state index contributed by atoms with van der Waals surface area (Å²) in [6.45, 7) is 6.42. The lowest BCUT2D eigenvalue weighted by Gasteiger charge is -2.13. The highest BCUT2D eigenvalue weighted by Gasteiger charge is 2.21. The van der Waals surface area contributed by atoms with Crippen molar-refractivity contribution in [2.45, 2.75) is 33.2 Å². The molecule has 0 saturated heterocycles. The van der Waals surface area contributed by atoms with Gasteiger partial charge in [-0.1, -0.05) is 6.07 Å². The number of rotatable bonds is 4. The highest BCUT2D eigenvalue weighted by atomic mass is 16.7. The van der Waals surface area contributed by atoms with Gasteiger partial charge in [0.2, 0.25) is 12.7 Å². The van der Waals surface area contributed by atoms with E-state index in [9.17, 15) is 4.79 Å². The van der Waals surface area contributed by atoms with Gasteiger partial charge < -0.3 is 14.8 Å². The van der Waals surface area contributed by atoms with E-state index in [0.717, 1.165) is 34.0 Å². The Balaban J connectivity index is 1.65. The number of H-pyrrole nitrogens is 1. The van der Waals surface area contributed by atoms with Crippen LogP contribution in [0.25, 0.3) is 0 Å². The summed E-state index contributed by atoms with van der Waals surface area (Å²) >= 11 is 0. The topological polar surface area (TPSA) is 76.2 Å². The van der Waals surface area contributed by atoms with E-state index < -0.39 is 0 Å². The SMILES string of the molecule is Cc1n[nH]c(C)c1[C@H](C)C(=O)NCc1ccc2c(c1)OCO2. The number of ether oxygens (including phenoxy) is 2. The molecule has 0 aliphatic carbocycles. The predicted octanol–water partition coefficient (Wildman–Crippen LogP) is 2.18. The van der Waals surface area contributed by atoms with Crippen LogP contribution in [0, 0.1) is 13.8 Å². The molecule has 6 heteroatoms. The molecule has 3 rings (SSSR count). The van der Waals surface area contributed by atoms with Crippen LogP contribution in [-0.4, -0.2) is 22.9 Å². The Morgan fingerprint density at radius 1 is 1.36 bits per heavy atom. The number of aryl methyl sites for hydroxylation is 2. The number of benzene rings is 1. The van der Waals surface area contributed by atoms with Gasteiger partial charge in [0.15, 0.2) is 11.5 Å². The molecule has 1 amide bonds. The maximum absolute atomic E-state index is 12.3. The maximum atomic E-state index is 12.3. The highest BCUT2D eigenvalue weighted by Crippen LogP contribution is 2.32. The van der Waals surface area contributed by atoms with Crippen LogP contribution in [0.3, 0.4) is 0 Å². The van der Waals surface area contributed by atoms with Gasteiger partial charge in [0.1, 0.15) is 0 Å². The van der Waals surface area contributed by atoms with E-state index in [1.54, 1.807) is 0 Å². The first kappa shape index (κ1) is 14.4. The van der Waals surface area contributed by atoms with Crippen molar-refractivity contribution < 1.29 is 14.3 Å². The monoisotopic (exact) mass is 301 g/mol. The van der Waals surface area contributed by atoms with Crippen molar-refractivity contribution in [3.05, 3.63) is 40.7 Å². The molecule has 116 valence electrons. The number of carbonyl (C=O) groups is 1. The third-order valence-electron chi connectivity index (χ3n) is 3.92. The summed E-state index contributed by atoms with van der Waals surface area (Å²) in [4.78, 5) is 12.3. The smallest absolute Gasteiger partial charge is 0.231 e. The molecule has 1 aliphatic rings. The quantitative estimate of drug-likeness (QED) is 0.907. The van der Waals surface area contributed by atoms with Crippen LogP contribution in [0.15, 0.2) is 18.2 Å². The first-order chi connectivity index (χ1) is 10.6. The number of nitrogens with zero attached hydrogens (tertiary/aromatic N) is 1. The normalized spacial score (nSPS) is 14.0. The molecule has 1 atom stereocenters. The number of hydrogen-bond donors (Lipinski definition) is 2. The van der Waals surface area contributed by atoms with Gasteiger partial charge in [-0.2, -0.15) is 5.10 Å². The Kier molecular flexibility index (Phi) is 3.75. The van der Waals surface area contributed by atoms with Gasteiger partial charge in [-0.05, 0) is 38.5 Å². The molecule has 1 aromatic carbocycles. The van der Waals surface area contributed by atoms with Gasteiger partial charge in [-0.15, -0.1) is 0 Å². The fourth-order valence-electron chi connectivity index (χ4n) is 2.72. The minimum atomic E-state index is -0.243. The molecule has 1 aromatic heterocycles. The highest BCUT2D eigenvalue weighted by molar-refractivity contribution is 5.83. The van der Waals surface area contributed by atoms with Gasteiger partial charge in [-0.25, -0.2) is 0 Å². The van der Waals surface area contributed by atoms with Crippen LogP contribution in [-0.2, 0) is 11.3 Å². The molecule has 0 radical (unpaired) electrons. The third-order valence-corrected chi connectivity index (χ3v) is 3.92. The van der Waals surface area contributed by atoms with Crippen molar-refractivity contribution in [1.29, 1.82) is 0 Å². The van der Waals surface area contributed by atoms with Crippen molar-refractivity contribution in [3.63, 3.8) is 0 Å². The summed E-state index contributed by atoms with van der Waals surface area (Å²) in [6.07, 6.45) is 0. The van der Waals surface area contributed by atoms with Gasteiger partial charge in [-0.3, -0.25) is 9.89 Å². The first-order valence-electron chi connectivity index (χ1n) is 7.24. The molecule has 22 heavy (non-hydrogen) atoms. The second-order valence-electron chi connectivity index (χ2n) is 5.47. The lowest BCUT2D eigenvalue weighted by molar-refractivity contribution is -0.122. The van der Waals surface area contributed by atoms with Crippen molar-refractivity contribution in [3.8, 4) is 11.5 Å².